The van der Waals surface area contributed by atoms with Crippen molar-refractivity contribution in [1.82, 2.24) is 25.8 Å². The van der Waals surface area contributed by atoms with E-state index in [4.69, 9.17) is 11.6 Å². The molecule has 202 valence electrons. The summed E-state index contributed by atoms with van der Waals surface area (Å²) < 4.78 is 0.917. The van der Waals surface area contributed by atoms with Crippen LogP contribution in [0.15, 0.2) is 60.7 Å². The highest BCUT2D eigenvalue weighted by molar-refractivity contribution is 7.18. The fraction of sp³-hybridized carbons (Fsp3) is 0.357. The van der Waals surface area contributed by atoms with Gasteiger partial charge in [-0.2, -0.15) is 0 Å². The Balaban J connectivity index is 1.74. The quantitative estimate of drug-likeness (QED) is 0.281. The van der Waals surface area contributed by atoms with E-state index in [9.17, 15) is 14.4 Å². The molecule has 3 aromatic rings. The minimum absolute atomic E-state index is 0.228. The third-order valence-corrected chi connectivity index (χ3v) is 6.96. The van der Waals surface area contributed by atoms with Crippen LogP contribution in [0.2, 0.25) is 5.02 Å². The standard InChI is InChI=1S/C28H34ClN5O3S/c1-4-25(35)32-23(17-27-33-22-13-12-20(29)16-24(22)38-27)28(37)31-21(15-19-9-6-5-7-10-19)18-30-26(36)11-8-14-34(2)3/h5-13,16,21,23H,4,14-15,17-18H2,1-3H3,(H,30,36)(H,31,37)(H,32,35)/b11-8+. The highest BCUT2D eigenvalue weighted by Crippen LogP contribution is 2.26. The Bertz CT molecular complexity index is 1260. The normalized spacial score (nSPS) is 13.0. The van der Waals surface area contributed by atoms with Gasteiger partial charge >= 0.3 is 0 Å². The van der Waals surface area contributed by atoms with Crippen molar-refractivity contribution < 1.29 is 14.4 Å². The molecule has 0 aliphatic carbocycles. The van der Waals surface area contributed by atoms with Crippen molar-refractivity contribution in [2.45, 2.75) is 38.3 Å². The maximum atomic E-state index is 13.5. The summed E-state index contributed by atoms with van der Waals surface area (Å²) in [5.41, 5.74) is 1.81. The van der Waals surface area contributed by atoms with Crippen molar-refractivity contribution in [1.29, 1.82) is 0 Å². The molecular formula is C28H34ClN5O3S. The summed E-state index contributed by atoms with van der Waals surface area (Å²) in [6.45, 7) is 2.62. The van der Waals surface area contributed by atoms with Gasteiger partial charge in [0.25, 0.3) is 0 Å². The number of carbonyl (C=O) groups is 3. The smallest absolute Gasteiger partial charge is 0.243 e. The number of aromatic nitrogens is 1. The maximum absolute atomic E-state index is 13.5. The minimum atomic E-state index is -0.813. The number of nitrogens with zero attached hydrogens (tertiary/aromatic N) is 2. The number of likely N-dealkylation sites (N-methyl/N-ethyl adjacent to an activating group) is 1. The van der Waals surface area contributed by atoms with Crippen LogP contribution in [0.1, 0.15) is 23.9 Å². The number of halogens is 1. The van der Waals surface area contributed by atoms with Crippen molar-refractivity contribution in [3.05, 3.63) is 76.3 Å². The molecule has 8 nitrogen and oxygen atoms in total. The van der Waals surface area contributed by atoms with Gasteiger partial charge in [-0.15, -0.1) is 11.3 Å². The van der Waals surface area contributed by atoms with Gasteiger partial charge in [-0.1, -0.05) is 54.9 Å². The van der Waals surface area contributed by atoms with Gasteiger partial charge in [0.05, 0.1) is 21.3 Å². The first-order valence-corrected chi connectivity index (χ1v) is 13.7. The fourth-order valence-corrected chi connectivity index (χ4v) is 5.03. The zero-order valence-electron chi connectivity index (χ0n) is 21.9. The molecule has 2 atom stereocenters. The van der Waals surface area contributed by atoms with Crippen molar-refractivity contribution in [2.24, 2.45) is 0 Å². The summed E-state index contributed by atoms with van der Waals surface area (Å²) in [7, 11) is 3.84. The molecule has 0 spiro atoms. The van der Waals surface area contributed by atoms with Crippen LogP contribution in [-0.2, 0) is 27.2 Å². The van der Waals surface area contributed by atoms with Gasteiger partial charge in [0.1, 0.15) is 6.04 Å². The Labute approximate surface area is 232 Å². The monoisotopic (exact) mass is 555 g/mol. The molecule has 2 aromatic carbocycles. The highest BCUT2D eigenvalue weighted by atomic mass is 35.5. The molecule has 10 heteroatoms. The number of fused-ring (bicyclic) bond motifs is 1. The SMILES string of the molecule is CCC(=O)NC(Cc1nc2ccc(Cl)cc2s1)C(=O)NC(CNC(=O)/C=C/CN(C)C)Cc1ccccc1. The van der Waals surface area contributed by atoms with Crippen molar-refractivity contribution >= 4 is 50.9 Å². The Morgan fingerprint density at radius 2 is 1.84 bits per heavy atom. The number of benzene rings is 2. The van der Waals surface area contributed by atoms with Gasteiger partial charge in [-0.05, 0) is 44.3 Å². The van der Waals surface area contributed by atoms with Crippen LogP contribution in [0.4, 0.5) is 0 Å². The largest absolute Gasteiger partial charge is 0.350 e. The van der Waals surface area contributed by atoms with E-state index in [0.29, 0.717) is 18.0 Å². The Morgan fingerprint density at radius 1 is 1.08 bits per heavy atom. The minimum Gasteiger partial charge on any atom is -0.350 e. The van der Waals surface area contributed by atoms with Gasteiger partial charge in [0.2, 0.25) is 17.7 Å². The van der Waals surface area contributed by atoms with E-state index in [1.165, 1.54) is 17.4 Å². The Hall–Kier alpha value is -3.27. The maximum Gasteiger partial charge on any atom is 0.243 e. The first kappa shape index (κ1) is 29.3. The lowest BCUT2D eigenvalue weighted by atomic mass is 10.0. The van der Waals surface area contributed by atoms with Crippen LogP contribution >= 0.6 is 22.9 Å². The first-order chi connectivity index (χ1) is 18.2. The number of thiazole rings is 1. The van der Waals surface area contributed by atoms with Gasteiger partial charge < -0.3 is 20.9 Å². The summed E-state index contributed by atoms with van der Waals surface area (Å²) in [6, 6.07) is 14.0. The second-order valence-electron chi connectivity index (χ2n) is 9.20. The van der Waals surface area contributed by atoms with Crippen LogP contribution in [0, 0.1) is 0 Å². The molecule has 3 N–H and O–H groups in total. The Morgan fingerprint density at radius 3 is 2.55 bits per heavy atom. The van der Waals surface area contributed by atoms with E-state index >= 15 is 0 Å². The lowest BCUT2D eigenvalue weighted by molar-refractivity contribution is -0.129. The lowest BCUT2D eigenvalue weighted by Gasteiger charge is -2.23. The number of hydrogen-bond acceptors (Lipinski definition) is 6. The predicted molar refractivity (Wildman–Crippen MR) is 153 cm³/mol. The molecule has 1 heterocycles. The van der Waals surface area contributed by atoms with E-state index in [2.05, 4.69) is 20.9 Å². The van der Waals surface area contributed by atoms with Gasteiger partial charge in [0.15, 0.2) is 0 Å². The molecule has 2 unspecified atom stereocenters. The molecule has 0 bridgehead atoms. The number of nitrogens with one attached hydrogen (secondary N) is 3. The number of amides is 3. The predicted octanol–water partition coefficient (Wildman–Crippen LogP) is 3.35. The van der Waals surface area contributed by atoms with Crippen molar-refractivity contribution in [3.63, 3.8) is 0 Å². The second kappa shape index (κ2) is 14.6. The molecule has 0 aliphatic rings. The zero-order valence-corrected chi connectivity index (χ0v) is 23.4. The molecule has 0 fully saturated rings. The van der Waals surface area contributed by atoms with Crippen LogP contribution in [-0.4, -0.2) is 66.9 Å². The summed E-state index contributed by atoms with van der Waals surface area (Å²) in [5, 5.41) is 10.1. The molecule has 0 saturated carbocycles. The molecule has 3 amide bonds. The van der Waals surface area contributed by atoms with E-state index < -0.39 is 6.04 Å². The van der Waals surface area contributed by atoms with Crippen molar-refractivity contribution in [3.8, 4) is 0 Å². The van der Waals surface area contributed by atoms with Gasteiger partial charge in [0, 0.05) is 37.0 Å². The first-order valence-electron chi connectivity index (χ1n) is 12.5. The van der Waals surface area contributed by atoms with Crippen LogP contribution in [0.3, 0.4) is 0 Å². The molecule has 0 aliphatic heterocycles. The average Bonchev–Trinajstić information content (AvgIpc) is 3.28. The summed E-state index contributed by atoms with van der Waals surface area (Å²) in [4.78, 5) is 44.6. The van der Waals surface area contributed by atoms with Gasteiger partial charge in [-0.3, -0.25) is 14.4 Å². The molecule has 38 heavy (non-hydrogen) atoms. The topological polar surface area (TPSA) is 103 Å². The summed E-state index contributed by atoms with van der Waals surface area (Å²) in [6.07, 6.45) is 4.28. The summed E-state index contributed by atoms with van der Waals surface area (Å²) >= 11 is 7.55. The van der Waals surface area contributed by atoms with Crippen molar-refractivity contribution in [2.75, 3.05) is 27.2 Å². The average molecular weight is 556 g/mol. The third-order valence-electron chi connectivity index (χ3n) is 5.68. The number of rotatable bonds is 13. The molecular weight excluding hydrogens is 522 g/mol. The fourth-order valence-electron chi connectivity index (χ4n) is 3.74. The van der Waals surface area contributed by atoms with Crippen LogP contribution in [0.25, 0.3) is 10.2 Å². The third kappa shape index (κ3) is 9.55. The lowest BCUT2D eigenvalue weighted by Crippen LogP contribution is -2.53. The van der Waals surface area contributed by atoms with Gasteiger partial charge in [-0.25, -0.2) is 4.98 Å². The Kier molecular flexibility index (Phi) is 11.3. The van der Waals surface area contributed by atoms with Crippen LogP contribution < -0.4 is 16.0 Å². The van der Waals surface area contributed by atoms with E-state index in [1.54, 1.807) is 19.1 Å². The molecule has 3 rings (SSSR count). The molecule has 0 radical (unpaired) electrons. The van der Waals surface area contributed by atoms with Crippen LogP contribution in [0.5, 0.6) is 0 Å². The number of hydrogen-bond donors (Lipinski definition) is 3. The van der Waals surface area contributed by atoms with E-state index in [0.717, 1.165) is 20.8 Å². The summed E-state index contributed by atoms with van der Waals surface area (Å²) in [5.74, 6) is -0.793. The second-order valence-corrected chi connectivity index (χ2v) is 10.8. The van der Waals surface area contributed by atoms with E-state index in [1.807, 2.05) is 61.5 Å². The molecule has 0 saturated heterocycles. The van der Waals surface area contributed by atoms with E-state index in [-0.39, 0.29) is 43.1 Å². The number of carbonyl (C=O) groups excluding carboxylic acids is 3. The highest BCUT2D eigenvalue weighted by Gasteiger charge is 2.25. The zero-order chi connectivity index (χ0) is 27.5. The molecule has 1 aromatic heterocycles.